The average Bonchev–Trinajstić information content (AvgIpc) is 3.12. The molecule has 23 heavy (non-hydrogen) atoms. The number of hydrogen-bond acceptors (Lipinski definition) is 5. The van der Waals surface area contributed by atoms with E-state index in [1.165, 1.54) is 11.3 Å². The molecule has 5 nitrogen and oxygen atoms in total. The van der Waals surface area contributed by atoms with Gasteiger partial charge >= 0.3 is 0 Å². The zero-order valence-electron chi connectivity index (χ0n) is 12.7. The summed E-state index contributed by atoms with van der Waals surface area (Å²) in [6.45, 7) is -0.0850. The lowest BCUT2D eigenvalue weighted by molar-refractivity contribution is -0.120. The van der Waals surface area contributed by atoms with E-state index in [0.29, 0.717) is 16.2 Å². The van der Waals surface area contributed by atoms with Crippen LogP contribution < -0.4 is 10.1 Å². The number of methoxy groups -OCH3 is 1. The maximum absolute atomic E-state index is 12.0. The molecule has 1 N–H and O–H groups in total. The predicted molar refractivity (Wildman–Crippen MR) is 88.2 cm³/mol. The van der Waals surface area contributed by atoms with Crippen LogP contribution in [0.1, 0.15) is 32.9 Å². The summed E-state index contributed by atoms with van der Waals surface area (Å²) in [6.07, 6.45) is 0.218. The first-order valence-corrected chi connectivity index (χ1v) is 7.99. The summed E-state index contributed by atoms with van der Waals surface area (Å²) in [5.74, 6) is 0.108. The fraction of sp³-hybridized carbons (Fsp3) is 0.235. The second kappa shape index (κ2) is 8.24. The molecule has 120 valence electrons. The summed E-state index contributed by atoms with van der Waals surface area (Å²) in [6, 6.07) is 10.2. The molecule has 0 radical (unpaired) electrons. The van der Waals surface area contributed by atoms with Crippen LogP contribution in [0.4, 0.5) is 0 Å². The van der Waals surface area contributed by atoms with Crippen LogP contribution in [0.5, 0.6) is 5.75 Å². The van der Waals surface area contributed by atoms with Gasteiger partial charge in [0, 0.05) is 18.4 Å². The lowest BCUT2D eigenvalue weighted by Crippen LogP contribution is -2.29. The first-order valence-electron chi connectivity index (χ1n) is 7.11. The average molecular weight is 331 g/mol. The molecule has 0 aliphatic carbocycles. The Morgan fingerprint density at radius 2 is 1.78 bits per heavy atom. The van der Waals surface area contributed by atoms with Crippen LogP contribution >= 0.6 is 11.3 Å². The van der Waals surface area contributed by atoms with Gasteiger partial charge in [-0.05, 0) is 35.7 Å². The van der Waals surface area contributed by atoms with Gasteiger partial charge < -0.3 is 10.1 Å². The highest BCUT2D eigenvalue weighted by atomic mass is 32.1. The maximum Gasteiger partial charge on any atom is 0.220 e. The molecule has 2 aromatic rings. The van der Waals surface area contributed by atoms with E-state index >= 15 is 0 Å². The molecule has 0 aliphatic heterocycles. The Morgan fingerprint density at radius 1 is 1.04 bits per heavy atom. The molecule has 0 saturated heterocycles. The van der Waals surface area contributed by atoms with Gasteiger partial charge in [-0.1, -0.05) is 6.07 Å². The van der Waals surface area contributed by atoms with Crippen LogP contribution in [0.15, 0.2) is 41.8 Å². The van der Waals surface area contributed by atoms with Gasteiger partial charge in [0.25, 0.3) is 0 Å². The van der Waals surface area contributed by atoms with Gasteiger partial charge in [-0.2, -0.15) is 0 Å². The minimum Gasteiger partial charge on any atom is -0.497 e. The molecule has 0 fully saturated rings. The number of benzene rings is 1. The van der Waals surface area contributed by atoms with Crippen LogP contribution in [0, 0.1) is 0 Å². The summed E-state index contributed by atoms with van der Waals surface area (Å²) < 4.78 is 5.02. The van der Waals surface area contributed by atoms with Gasteiger partial charge in [0.2, 0.25) is 5.91 Å². The van der Waals surface area contributed by atoms with Crippen molar-refractivity contribution in [1.29, 1.82) is 0 Å². The van der Waals surface area contributed by atoms with E-state index in [9.17, 15) is 14.4 Å². The minimum absolute atomic E-state index is 0.0587. The fourth-order valence-electron chi connectivity index (χ4n) is 1.93. The fourth-order valence-corrected chi connectivity index (χ4v) is 2.63. The Kier molecular flexibility index (Phi) is 6.05. The van der Waals surface area contributed by atoms with Gasteiger partial charge in [0.15, 0.2) is 11.6 Å². The summed E-state index contributed by atoms with van der Waals surface area (Å²) in [5, 5.41) is 4.36. The molecule has 0 bridgehead atoms. The topological polar surface area (TPSA) is 72.5 Å². The van der Waals surface area contributed by atoms with E-state index in [2.05, 4.69) is 5.32 Å². The molecule has 0 spiro atoms. The van der Waals surface area contributed by atoms with E-state index in [1.807, 2.05) is 5.38 Å². The van der Waals surface area contributed by atoms with E-state index in [1.54, 1.807) is 43.5 Å². The van der Waals surface area contributed by atoms with Crippen molar-refractivity contribution in [1.82, 2.24) is 5.32 Å². The normalized spacial score (nSPS) is 10.1. The van der Waals surface area contributed by atoms with E-state index in [0.717, 1.165) is 0 Å². The summed E-state index contributed by atoms with van der Waals surface area (Å²) in [5.41, 5.74) is 0.501. The molecule has 1 heterocycles. The third-order valence-corrected chi connectivity index (χ3v) is 4.14. The largest absolute Gasteiger partial charge is 0.497 e. The molecule has 1 aromatic heterocycles. The zero-order chi connectivity index (χ0) is 16.7. The number of hydrogen-bond donors (Lipinski definition) is 1. The standard InChI is InChI=1S/C17H17NO4S/c1-22-13-6-4-12(5-7-13)15(20)11-18-17(21)9-8-14(19)16-3-2-10-23-16/h2-7,10H,8-9,11H2,1H3,(H,18,21). The molecule has 0 saturated carbocycles. The smallest absolute Gasteiger partial charge is 0.220 e. The van der Waals surface area contributed by atoms with Crippen LogP contribution in [-0.2, 0) is 4.79 Å². The highest BCUT2D eigenvalue weighted by Crippen LogP contribution is 2.13. The van der Waals surface area contributed by atoms with Crippen molar-refractivity contribution in [2.24, 2.45) is 0 Å². The SMILES string of the molecule is COc1ccc(C(=O)CNC(=O)CCC(=O)c2cccs2)cc1. The number of carbonyl (C=O) groups is 3. The Bertz CT molecular complexity index is 677. The van der Waals surface area contributed by atoms with Gasteiger partial charge in [-0.15, -0.1) is 11.3 Å². The number of nitrogens with one attached hydrogen (secondary N) is 1. The molecular formula is C17H17NO4S. The zero-order valence-corrected chi connectivity index (χ0v) is 13.5. The van der Waals surface area contributed by atoms with Crippen molar-refractivity contribution < 1.29 is 19.1 Å². The first kappa shape index (κ1) is 16.9. The van der Waals surface area contributed by atoms with E-state index in [4.69, 9.17) is 4.74 Å². The second-order valence-electron chi connectivity index (χ2n) is 4.83. The quantitative estimate of drug-likeness (QED) is 0.755. The third-order valence-electron chi connectivity index (χ3n) is 3.23. The molecule has 6 heteroatoms. The Balaban J connectivity index is 1.75. The van der Waals surface area contributed by atoms with Crippen molar-refractivity contribution in [2.75, 3.05) is 13.7 Å². The minimum atomic E-state index is -0.309. The van der Waals surface area contributed by atoms with E-state index < -0.39 is 0 Å². The number of Topliss-reactive ketones (excluding diaryl/α,β-unsaturated/α-hetero) is 2. The number of rotatable bonds is 8. The second-order valence-corrected chi connectivity index (χ2v) is 5.78. The lowest BCUT2D eigenvalue weighted by Gasteiger charge is -2.05. The Labute approximate surface area is 138 Å². The lowest BCUT2D eigenvalue weighted by atomic mass is 10.1. The summed E-state index contributed by atoms with van der Waals surface area (Å²) in [7, 11) is 1.55. The molecule has 0 aliphatic rings. The Morgan fingerprint density at radius 3 is 2.39 bits per heavy atom. The number of carbonyl (C=O) groups excluding carboxylic acids is 3. The highest BCUT2D eigenvalue weighted by molar-refractivity contribution is 7.12. The molecular weight excluding hydrogens is 314 g/mol. The van der Waals surface area contributed by atoms with Crippen molar-refractivity contribution in [3.05, 3.63) is 52.2 Å². The van der Waals surface area contributed by atoms with Crippen LogP contribution in [0.2, 0.25) is 0 Å². The van der Waals surface area contributed by atoms with E-state index in [-0.39, 0.29) is 36.9 Å². The number of ketones is 2. The number of thiophene rings is 1. The van der Waals surface area contributed by atoms with Crippen molar-refractivity contribution >= 4 is 28.8 Å². The van der Waals surface area contributed by atoms with Crippen LogP contribution in [-0.4, -0.2) is 31.1 Å². The predicted octanol–water partition coefficient (Wildman–Crippen LogP) is 2.72. The Hall–Kier alpha value is -2.47. The molecule has 1 amide bonds. The molecule has 2 rings (SSSR count). The third kappa shape index (κ3) is 5.03. The van der Waals surface area contributed by atoms with Crippen molar-refractivity contribution in [2.45, 2.75) is 12.8 Å². The van der Waals surface area contributed by atoms with Crippen LogP contribution in [0.25, 0.3) is 0 Å². The molecule has 0 unspecified atom stereocenters. The highest BCUT2D eigenvalue weighted by Gasteiger charge is 2.12. The monoisotopic (exact) mass is 331 g/mol. The number of amides is 1. The maximum atomic E-state index is 12.0. The molecule has 1 aromatic carbocycles. The van der Waals surface area contributed by atoms with Gasteiger partial charge in [-0.25, -0.2) is 0 Å². The van der Waals surface area contributed by atoms with Gasteiger partial charge in [0.05, 0.1) is 18.5 Å². The van der Waals surface area contributed by atoms with Gasteiger partial charge in [-0.3, -0.25) is 14.4 Å². The van der Waals surface area contributed by atoms with Crippen molar-refractivity contribution in [3.8, 4) is 5.75 Å². The van der Waals surface area contributed by atoms with Gasteiger partial charge in [0.1, 0.15) is 5.75 Å². The van der Waals surface area contributed by atoms with Crippen molar-refractivity contribution in [3.63, 3.8) is 0 Å². The first-order chi connectivity index (χ1) is 11.1. The number of ether oxygens (including phenoxy) is 1. The van der Waals surface area contributed by atoms with Crippen LogP contribution in [0.3, 0.4) is 0 Å². The summed E-state index contributed by atoms with van der Waals surface area (Å²) >= 11 is 1.36. The molecule has 0 atom stereocenters. The summed E-state index contributed by atoms with van der Waals surface area (Å²) in [4.78, 5) is 36.1.